The van der Waals surface area contributed by atoms with E-state index in [1.807, 2.05) is 12.1 Å². The van der Waals surface area contributed by atoms with Crippen LogP contribution in [0.15, 0.2) is 29.3 Å². The number of rotatable bonds is 6. The smallest absolute Gasteiger partial charge is 0.338 e. The van der Waals surface area contributed by atoms with Gasteiger partial charge in [0.15, 0.2) is 5.96 Å². The molecule has 0 aliphatic heterocycles. The number of halogens is 1. The molecule has 6 heteroatoms. The Labute approximate surface area is 149 Å². The first-order valence-corrected chi connectivity index (χ1v) is 7.27. The molecule has 22 heavy (non-hydrogen) atoms. The summed E-state index contributed by atoms with van der Waals surface area (Å²) in [4.78, 5) is 15.7. The van der Waals surface area contributed by atoms with Gasteiger partial charge in [0.1, 0.15) is 0 Å². The monoisotopic (exact) mass is 419 g/mol. The van der Waals surface area contributed by atoms with Gasteiger partial charge in [0.2, 0.25) is 0 Å². The van der Waals surface area contributed by atoms with Gasteiger partial charge in [-0.1, -0.05) is 26.0 Å². The van der Waals surface area contributed by atoms with Gasteiger partial charge in [-0.3, -0.25) is 4.99 Å². The minimum absolute atomic E-state index is 0. The zero-order valence-corrected chi connectivity index (χ0v) is 16.0. The van der Waals surface area contributed by atoms with Crippen molar-refractivity contribution in [2.75, 3.05) is 20.2 Å². The number of esters is 1. The van der Waals surface area contributed by atoms with Gasteiger partial charge in [-0.05, 0) is 30.5 Å². The lowest BCUT2D eigenvalue weighted by atomic mass is 10.1. The van der Waals surface area contributed by atoms with Crippen molar-refractivity contribution >= 4 is 35.9 Å². The minimum Gasteiger partial charge on any atom is -0.462 e. The molecule has 0 spiro atoms. The number of carbonyl (C=O) groups is 1. The molecule has 1 aromatic carbocycles. The van der Waals surface area contributed by atoms with Crippen molar-refractivity contribution in [2.24, 2.45) is 10.9 Å². The van der Waals surface area contributed by atoms with E-state index in [1.54, 1.807) is 26.1 Å². The van der Waals surface area contributed by atoms with Crippen LogP contribution in [0.3, 0.4) is 0 Å². The first kappa shape index (κ1) is 20.7. The molecule has 0 aliphatic carbocycles. The van der Waals surface area contributed by atoms with E-state index in [2.05, 4.69) is 29.5 Å². The molecule has 5 nitrogen and oxygen atoms in total. The van der Waals surface area contributed by atoms with Gasteiger partial charge in [0, 0.05) is 20.1 Å². The molecule has 0 aromatic heterocycles. The Morgan fingerprint density at radius 1 is 1.23 bits per heavy atom. The Hall–Kier alpha value is -1.31. The average Bonchev–Trinajstić information content (AvgIpc) is 2.48. The molecule has 0 heterocycles. The summed E-state index contributed by atoms with van der Waals surface area (Å²) in [5, 5.41) is 6.49. The van der Waals surface area contributed by atoms with Gasteiger partial charge in [0.25, 0.3) is 0 Å². The number of ether oxygens (including phenoxy) is 1. The Balaban J connectivity index is 0.00000441. The van der Waals surface area contributed by atoms with E-state index >= 15 is 0 Å². The normalized spacial score (nSPS) is 10.9. The highest BCUT2D eigenvalue weighted by molar-refractivity contribution is 14.0. The molecule has 0 amide bonds. The van der Waals surface area contributed by atoms with Gasteiger partial charge >= 0.3 is 5.97 Å². The maximum atomic E-state index is 11.6. The van der Waals surface area contributed by atoms with Crippen LogP contribution >= 0.6 is 24.0 Å². The van der Waals surface area contributed by atoms with Crippen molar-refractivity contribution in [2.45, 2.75) is 27.3 Å². The fourth-order valence-corrected chi connectivity index (χ4v) is 1.68. The van der Waals surface area contributed by atoms with Gasteiger partial charge in [-0.2, -0.15) is 0 Å². The predicted molar refractivity (Wildman–Crippen MR) is 101 cm³/mol. The lowest BCUT2D eigenvalue weighted by molar-refractivity contribution is 0.0526. The Kier molecular flexibility index (Phi) is 10.6. The number of carbonyl (C=O) groups excluding carboxylic acids is 1. The number of benzene rings is 1. The van der Waals surface area contributed by atoms with E-state index in [0.29, 0.717) is 24.6 Å². The molecule has 1 rings (SSSR count). The summed E-state index contributed by atoms with van der Waals surface area (Å²) in [6.07, 6.45) is 0. The molecular weight excluding hydrogens is 393 g/mol. The molecular formula is C16H26IN3O2. The average molecular weight is 419 g/mol. The molecule has 0 unspecified atom stereocenters. The third-order valence-corrected chi connectivity index (χ3v) is 2.83. The summed E-state index contributed by atoms with van der Waals surface area (Å²) in [7, 11) is 1.75. The van der Waals surface area contributed by atoms with Crippen molar-refractivity contribution in [3.05, 3.63) is 35.4 Å². The largest absolute Gasteiger partial charge is 0.462 e. The summed E-state index contributed by atoms with van der Waals surface area (Å²) in [6, 6.07) is 7.38. The highest BCUT2D eigenvalue weighted by atomic mass is 127. The Morgan fingerprint density at radius 2 is 1.86 bits per heavy atom. The van der Waals surface area contributed by atoms with Crippen molar-refractivity contribution < 1.29 is 9.53 Å². The second-order valence-electron chi connectivity index (χ2n) is 5.12. The van der Waals surface area contributed by atoms with E-state index in [9.17, 15) is 4.79 Å². The van der Waals surface area contributed by atoms with Gasteiger partial charge in [0.05, 0.1) is 12.2 Å². The number of nitrogens with zero attached hydrogens (tertiary/aromatic N) is 1. The van der Waals surface area contributed by atoms with Crippen molar-refractivity contribution in [3.63, 3.8) is 0 Å². The van der Waals surface area contributed by atoms with E-state index in [1.165, 1.54) is 0 Å². The lowest BCUT2D eigenvalue weighted by Crippen LogP contribution is -2.38. The van der Waals surface area contributed by atoms with Gasteiger partial charge < -0.3 is 15.4 Å². The van der Waals surface area contributed by atoms with E-state index in [4.69, 9.17) is 4.74 Å². The fourth-order valence-electron chi connectivity index (χ4n) is 1.68. The maximum Gasteiger partial charge on any atom is 0.338 e. The quantitative estimate of drug-likeness (QED) is 0.322. The van der Waals surface area contributed by atoms with E-state index in [-0.39, 0.29) is 29.9 Å². The van der Waals surface area contributed by atoms with Crippen molar-refractivity contribution in [1.29, 1.82) is 0 Å². The Bertz CT molecular complexity index is 473. The summed E-state index contributed by atoms with van der Waals surface area (Å²) in [6.45, 7) is 8.01. The molecule has 0 saturated heterocycles. The first-order valence-electron chi connectivity index (χ1n) is 7.27. The number of aliphatic imine (C=N–C) groups is 1. The number of hydrogen-bond acceptors (Lipinski definition) is 3. The summed E-state index contributed by atoms with van der Waals surface area (Å²) < 4.78 is 4.95. The molecule has 0 atom stereocenters. The molecule has 0 saturated carbocycles. The van der Waals surface area contributed by atoms with Crippen molar-refractivity contribution in [1.82, 2.24) is 10.6 Å². The summed E-state index contributed by atoms with van der Waals surface area (Å²) in [5.41, 5.74) is 1.65. The second kappa shape index (κ2) is 11.3. The summed E-state index contributed by atoms with van der Waals surface area (Å²) in [5.74, 6) is 1.05. The zero-order chi connectivity index (χ0) is 15.7. The second-order valence-corrected chi connectivity index (χ2v) is 5.12. The topological polar surface area (TPSA) is 62.7 Å². The van der Waals surface area contributed by atoms with Crippen LogP contribution in [-0.2, 0) is 11.3 Å². The van der Waals surface area contributed by atoms with Crippen LogP contribution in [0.2, 0.25) is 0 Å². The predicted octanol–water partition coefficient (Wildman–Crippen LogP) is 2.80. The minimum atomic E-state index is -0.286. The standard InChI is InChI=1S/C16H25N3O2.HI/c1-5-21-15(20)14-8-6-13(7-9-14)11-19-16(17-4)18-10-12(2)3;/h6-9,12H,5,10-11H2,1-4H3,(H2,17,18,19);1H. The van der Waals surface area contributed by atoms with Crippen LogP contribution in [0.5, 0.6) is 0 Å². The van der Waals surface area contributed by atoms with Crippen LogP contribution < -0.4 is 10.6 Å². The van der Waals surface area contributed by atoms with Crippen LogP contribution in [0.1, 0.15) is 36.7 Å². The maximum absolute atomic E-state index is 11.6. The molecule has 2 N–H and O–H groups in total. The molecule has 0 radical (unpaired) electrons. The lowest BCUT2D eigenvalue weighted by Gasteiger charge is -2.13. The van der Waals surface area contributed by atoms with Crippen LogP contribution in [0, 0.1) is 5.92 Å². The van der Waals surface area contributed by atoms with Gasteiger partial charge in [-0.25, -0.2) is 4.79 Å². The molecule has 0 aliphatic rings. The van der Waals surface area contributed by atoms with Crippen LogP contribution in [0.4, 0.5) is 0 Å². The van der Waals surface area contributed by atoms with E-state index in [0.717, 1.165) is 18.1 Å². The molecule has 0 fully saturated rings. The van der Waals surface area contributed by atoms with Crippen molar-refractivity contribution in [3.8, 4) is 0 Å². The molecule has 124 valence electrons. The fraction of sp³-hybridized carbons (Fsp3) is 0.500. The third kappa shape index (κ3) is 7.63. The van der Waals surface area contributed by atoms with E-state index < -0.39 is 0 Å². The number of nitrogens with one attached hydrogen (secondary N) is 2. The highest BCUT2D eigenvalue weighted by Gasteiger charge is 2.06. The Morgan fingerprint density at radius 3 is 2.36 bits per heavy atom. The van der Waals surface area contributed by atoms with Crippen LogP contribution in [-0.4, -0.2) is 32.1 Å². The SMILES string of the molecule is CCOC(=O)c1ccc(CNC(=NC)NCC(C)C)cc1.I. The number of hydrogen-bond donors (Lipinski definition) is 2. The molecule has 0 bridgehead atoms. The summed E-state index contributed by atoms with van der Waals surface area (Å²) >= 11 is 0. The van der Waals surface area contributed by atoms with Crippen LogP contribution in [0.25, 0.3) is 0 Å². The highest BCUT2D eigenvalue weighted by Crippen LogP contribution is 2.06. The number of guanidine groups is 1. The van der Waals surface area contributed by atoms with Gasteiger partial charge in [-0.15, -0.1) is 24.0 Å². The molecule has 1 aromatic rings. The first-order chi connectivity index (χ1) is 10.1. The third-order valence-electron chi connectivity index (χ3n) is 2.83. The zero-order valence-electron chi connectivity index (χ0n) is 13.7.